The van der Waals surface area contributed by atoms with Crippen molar-refractivity contribution in [2.45, 2.75) is 57.8 Å². The van der Waals surface area contributed by atoms with Crippen LogP contribution in [0, 0.1) is 0 Å². The fourth-order valence-electron chi connectivity index (χ4n) is 4.94. The van der Waals surface area contributed by atoms with Gasteiger partial charge in [-0.05, 0) is 64.4 Å². The molecule has 0 aliphatic carbocycles. The van der Waals surface area contributed by atoms with Gasteiger partial charge in [0.05, 0.1) is 14.2 Å². The van der Waals surface area contributed by atoms with Crippen LogP contribution >= 0.6 is 0 Å². The van der Waals surface area contributed by atoms with Crippen molar-refractivity contribution in [1.29, 1.82) is 0 Å². The zero-order chi connectivity index (χ0) is 20.8. The third-order valence-electron chi connectivity index (χ3n) is 6.65. The van der Waals surface area contributed by atoms with E-state index in [0.717, 1.165) is 49.7 Å². The van der Waals surface area contributed by atoms with Crippen molar-refractivity contribution in [3.63, 3.8) is 0 Å². The minimum absolute atomic E-state index is 0.252. The van der Waals surface area contributed by atoms with Gasteiger partial charge in [0.1, 0.15) is 11.5 Å². The van der Waals surface area contributed by atoms with Crippen LogP contribution in [-0.4, -0.2) is 91.5 Å². The number of methoxy groups -OCH3 is 2. The molecule has 1 atom stereocenters. The SMILES string of the molecule is COc1ccc(OC)c(CN2CCN(C3CCN(C(C)C)CC3)[C@H](CCO)C2)c1. The third kappa shape index (κ3) is 5.63. The Morgan fingerprint density at radius 2 is 1.83 bits per heavy atom. The number of ether oxygens (including phenoxy) is 2. The zero-order valence-electron chi connectivity index (χ0n) is 18.6. The molecule has 3 rings (SSSR count). The summed E-state index contributed by atoms with van der Waals surface area (Å²) in [5.74, 6) is 1.77. The molecule has 0 unspecified atom stereocenters. The lowest BCUT2D eigenvalue weighted by atomic mass is 9.97. The molecule has 164 valence electrons. The predicted octanol–water partition coefficient (Wildman–Crippen LogP) is 2.45. The van der Waals surface area contributed by atoms with Gasteiger partial charge in [-0.15, -0.1) is 0 Å². The van der Waals surface area contributed by atoms with Crippen LogP contribution in [0.25, 0.3) is 0 Å². The molecule has 29 heavy (non-hydrogen) atoms. The summed E-state index contributed by atoms with van der Waals surface area (Å²) in [5.41, 5.74) is 1.16. The summed E-state index contributed by atoms with van der Waals surface area (Å²) >= 11 is 0. The van der Waals surface area contributed by atoms with Gasteiger partial charge in [0, 0.05) is 56.5 Å². The molecule has 2 fully saturated rings. The first-order valence-corrected chi connectivity index (χ1v) is 11.1. The Morgan fingerprint density at radius 1 is 1.07 bits per heavy atom. The molecule has 1 aromatic rings. The summed E-state index contributed by atoms with van der Waals surface area (Å²) in [6.07, 6.45) is 3.32. The Kier molecular flexibility index (Phi) is 8.18. The molecular formula is C23H39N3O3. The maximum absolute atomic E-state index is 9.69. The summed E-state index contributed by atoms with van der Waals surface area (Å²) in [7, 11) is 3.42. The molecule has 0 bridgehead atoms. The summed E-state index contributed by atoms with van der Waals surface area (Å²) in [4.78, 5) is 7.77. The van der Waals surface area contributed by atoms with Crippen LogP contribution in [0.1, 0.15) is 38.7 Å². The topological polar surface area (TPSA) is 48.4 Å². The number of rotatable bonds is 8. The number of hydrogen-bond donors (Lipinski definition) is 1. The average Bonchev–Trinajstić information content (AvgIpc) is 2.74. The van der Waals surface area contributed by atoms with Gasteiger partial charge in [-0.2, -0.15) is 0 Å². The molecule has 1 aromatic carbocycles. The Hall–Kier alpha value is -1.34. The monoisotopic (exact) mass is 405 g/mol. The number of likely N-dealkylation sites (tertiary alicyclic amines) is 1. The van der Waals surface area contributed by atoms with Gasteiger partial charge in [0.25, 0.3) is 0 Å². The van der Waals surface area contributed by atoms with Crippen LogP contribution in [0.2, 0.25) is 0 Å². The predicted molar refractivity (Wildman–Crippen MR) is 117 cm³/mol. The number of piperidine rings is 1. The second-order valence-corrected chi connectivity index (χ2v) is 8.68. The van der Waals surface area contributed by atoms with E-state index < -0.39 is 0 Å². The molecule has 0 spiro atoms. The largest absolute Gasteiger partial charge is 0.497 e. The van der Waals surface area contributed by atoms with E-state index in [1.54, 1.807) is 14.2 Å². The van der Waals surface area contributed by atoms with Crippen molar-refractivity contribution in [1.82, 2.24) is 14.7 Å². The van der Waals surface area contributed by atoms with Crippen molar-refractivity contribution in [2.24, 2.45) is 0 Å². The van der Waals surface area contributed by atoms with Crippen molar-refractivity contribution < 1.29 is 14.6 Å². The molecule has 2 aliphatic heterocycles. The number of benzene rings is 1. The Balaban J connectivity index is 1.63. The third-order valence-corrected chi connectivity index (χ3v) is 6.65. The van der Waals surface area contributed by atoms with Gasteiger partial charge in [0.15, 0.2) is 0 Å². The van der Waals surface area contributed by atoms with E-state index in [1.165, 1.54) is 25.9 Å². The second kappa shape index (κ2) is 10.6. The zero-order valence-corrected chi connectivity index (χ0v) is 18.6. The average molecular weight is 406 g/mol. The highest BCUT2D eigenvalue weighted by molar-refractivity contribution is 5.40. The highest BCUT2D eigenvalue weighted by Gasteiger charge is 2.34. The van der Waals surface area contributed by atoms with Gasteiger partial charge < -0.3 is 19.5 Å². The quantitative estimate of drug-likeness (QED) is 0.717. The fourth-order valence-corrected chi connectivity index (χ4v) is 4.94. The smallest absolute Gasteiger partial charge is 0.123 e. The Labute approximate surface area is 176 Å². The second-order valence-electron chi connectivity index (χ2n) is 8.68. The van der Waals surface area contributed by atoms with E-state index in [2.05, 4.69) is 34.6 Å². The summed E-state index contributed by atoms with van der Waals surface area (Å²) in [6.45, 7) is 11.2. The van der Waals surface area contributed by atoms with Crippen molar-refractivity contribution >= 4 is 0 Å². The molecule has 2 saturated heterocycles. The number of aliphatic hydroxyl groups excluding tert-OH is 1. The minimum atomic E-state index is 0.252. The number of piperazine rings is 1. The first-order valence-electron chi connectivity index (χ1n) is 11.1. The maximum atomic E-state index is 9.69. The first-order chi connectivity index (χ1) is 14.0. The highest BCUT2D eigenvalue weighted by Crippen LogP contribution is 2.28. The Morgan fingerprint density at radius 3 is 2.45 bits per heavy atom. The normalized spacial score (nSPS) is 22.9. The van der Waals surface area contributed by atoms with E-state index in [9.17, 15) is 5.11 Å². The lowest BCUT2D eigenvalue weighted by molar-refractivity contribution is -0.000202. The molecule has 2 heterocycles. The standard InChI is InChI=1S/C23H39N3O3/c1-18(2)25-10-7-20(8-11-25)26-13-12-24(17-21(26)9-14-27)16-19-15-22(28-3)5-6-23(19)29-4/h5-6,15,18,20-21,27H,7-14,16-17H2,1-4H3/t21-/m1/s1. The van der Waals surface area contributed by atoms with Crippen molar-refractivity contribution in [2.75, 3.05) is 53.6 Å². The first kappa shape index (κ1) is 22.3. The summed E-state index contributed by atoms with van der Waals surface area (Å²) in [6, 6.07) is 7.71. The molecule has 0 amide bonds. The van der Waals surface area contributed by atoms with E-state index >= 15 is 0 Å². The molecule has 1 N–H and O–H groups in total. The van der Waals surface area contributed by atoms with E-state index in [0.29, 0.717) is 18.1 Å². The van der Waals surface area contributed by atoms with Crippen LogP contribution in [0.4, 0.5) is 0 Å². The van der Waals surface area contributed by atoms with Crippen LogP contribution in [-0.2, 0) is 6.54 Å². The molecule has 2 aliphatic rings. The van der Waals surface area contributed by atoms with Crippen LogP contribution in [0.3, 0.4) is 0 Å². The van der Waals surface area contributed by atoms with Crippen LogP contribution < -0.4 is 9.47 Å². The van der Waals surface area contributed by atoms with Gasteiger partial charge in [-0.25, -0.2) is 0 Å². The lowest BCUT2D eigenvalue weighted by Crippen LogP contribution is -2.58. The summed E-state index contributed by atoms with van der Waals surface area (Å²) in [5, 5.41) is 9.69. The molecule has 6 heteroatoms. The van der Waals surface area contributed by atoms with Gasteiger partial charge >= 0.3 is 0 Å². The van der Waals surface area contributed by atoms with E-state index in [4.69, 9.17) is 9.47 Å². The maximum Gasteiger partial charge on any atom is 0.123 e. The molecular weight excluding hydrogens is 366 g/mol. The fraction of sp³-hybridized carbons (Fsp3) is 0.739. The number of aliphatic hydroxyl groups is 1. The van der Waals surface area contributed by atoms with Gasteiger partial charge in [0.2, 0.25) is 0 Å². The van der Waals surface area contributed by atoms with Crippen LogP contribution in [0.5, 0.6) is 11.5 Å². The Bertz CT molecular complexity index is 632. The molecule has 0 aromatic heterocycles. The van der Waals surface area contributed by atoms with E-state index in [1.807, 2.05) is 12.1 Å². The minimum Gasteiger partial charge on any atom is -0.497 e. The molecule has 0 saturated carbocycles. The summed E-state index contributed by atoms with van der Waals surface area (Å²) < 4.78 is 11.0. The van der Waals surface area contributed by atoms with Crippen molar-refractivity contribution in [3.8, 4) is 11.5 Å². The number of hydrogen-bond acceptors (Lipinski definition) is 6. The van der Waals surface area contributed by atoms with Crippen LogP contribution in [0.15, 0.2) is 18.2 Å². The van der Waals surface area contributed by atoms with E-state index in [-0.39, 0.29) is 6.61 Å². The molecule has 0 radical (unpaired) electrons. The van der Waals surface area contributed by atoms with Gasteiger partial charge in [-0.3, -0.25) is 9.80 Å². The van der Waals surface area contributed by atoms with Gasteiger partial charge in [-0.1, -0.05) is 0 Å². The van der Waals surface area contributed by atoms with Crippen molar-refractivity contribution in [3.05, 3.63) is 23.8 Å². The lowest BCUT2D eigenvalue weighted by Gasteiger charge is -2.48. The highest BCUT2D eigenvalue weighted by atomic mass is 16.5. The molecule has 6 nitrogen and oxygen atoms in total. The number of nitrogens with zero attached hydrogens (tertiary/aromatic N) is 3.